The molecule has 2 rings (SSSR count). The lowest BCUT2D eigenvalue weighted by atomic mass is 9.95. The molecule has 0 unspecified atom stereocenters. The number of carbonyl (C=O) groups excluding carboxylic acids is 2. The minimum Gasteiger partial charge on any atom is -0.406 e. The molecule has 0 amide bonds. The van der Waals surface area contributed by atoms with E-state index >= 15 is 0 Å². The van der Waals surface area contributed by atoms with E-state index in [0.29, 0.717) is 11.1 Å². The number of hydrogen-bond donors (Lipinski definition) is 0. The summed E-state index contributed by atoms with van der Waals surface area (Å²) in [6.45, 7) is 1.18. The van der Waals surface area contributed by atoms with Crippen LogP contribution < -0.4 is 4.74 Å². The van der Waals surface area contributed by atoms with Crippen LogP contribution in [0.4, 0.5) is 17.6 Å². The van der Waals surface area contributed by atoms with E-state index in [0.717, 1.165) is 6.07 Å². The Labute approximate surface area is 145 Å². The number of Topliss-reactive ketones (excluding diaryl/α,β-unsaturated/α-hetero) is 1. The van der Waals surface area contributed by atoms with Crippen molar-refractivity contribution in [1.82, 2.24) is 0 Å². The molecule has 0 heterocycles. The fourth-order valence-corrected chi connectivity index (χ4v) is 2.32. The summed E-state index contributed by atoms with van der Waals surface area (Å²) in [7, 11) is 0. The van der Waals surface area contributed by atoms with Crippen LogP contribution in [0.5, 0.6) is 5.75 Å². The van der Waals surface area contributed by atoms with Crippen LogP contribution in [-0.2, 0) is 11.2 Å². The number of alkyl halides is 3. The summed E-state index contributed by atoms with van der Waals surface area (Å²) in [6.07, 6.45) is -5.48. The van der Waals surface area contributed by atoms with E-state index in [9.17, 15) is 27.2 Å². The molecule has 132 valence electrons. The van der Waals surface area contributed by atoms with Gasteiger partial charge in [-0.3, -0.25) is 9.59 Å². The van der Waals surface area contributed by atoms with Gasteiger partial charge in [0.2, 0.25) is 0 Å². The van der Waals surface area contributed by atoms with E-state index in [1.165, 1.54) is 31.2 Å². The molecule has 0 N–H and O–H groups in total. The molecular weight excluding hydrogens is 364 g/mol. The third-order valence-corrected chi connectivity index (χ3v) is 3.43. The first kappa shape index (κ1) is 18.9. The van der Waals surface area contributed by atoms with Crippen molar-refractivity contribution in [2.75, 3.05) is 0 Å². The topological polar surface area (TPSA) is 43.4 Å². The molecule has 25 heavy (non-hydrogen) atoms. The normalized spacial score (nSPS) is 11.3. The number of carbonyl (C=O) groups is 2. The van der Waals surface area contributed by atoms with Crippen LogP contribution in [0, 0.1) is 5.82 Å². The van der Waals surface area contributed by atoms with Crippen molar-refractivity contribution in [2.24, 2.45) is 0 Å². The van der Waals surface area contributed by atoms with Gasteiger partial charge < -0.3 is 4.74 Å². The van der Waals surface area contributed by atoms with Crippen molar-refractivity contribution in [2.45, 2.75) is 19.7 Å². The molecule has 0 aliphatic rings. The number of ether oxygens (including phenoxy) is 1. The highest BCUT2D eigenvalue weighted by molar-refractivity contribution is 6.30. The average Bonchev–Trinajstić information content (AvgIpc) is 2.48. The minimum absolute atomic E-state index is 0.0813. The minimum atomic E-state index is -5.05. The first-order chi connectivity index (χ1) is 11.6. The fraction of sp³-hybridized carbons (Fsp3) is 0.176. The standard InChI is InChI=1S/C17H11ClF4O3/c1-9(23)6-13-14(16(24)10-2-4-11(18)5-3-10)7-12(8-15(13)19)25-17(20,21)22/h2-5,7-8H,6H2,1H3. The Hall–Kier alpha value is -2.41. The molecule has 0 saturated heterocycles. The van der Waals surface area contributed by atoms with Crippen LogP contribution >= 0.6 is 11.6 Å². The van der Waals surface area contributed by atoms with Crippen LogP contribution in [0.2, 0.25) is 5.02 Å². The Morgan fingerprint density at radius 1 is 1.12 bits per heavy atom. The second-order valence-electron chi connectivity index (χ2n) is 5.19. The second kappa shape index (κ2) is 7.23. The van der Waals surface area contributed by atoms with E-state index in [-0.39, 0.29) is 16.7 Å². The first-order valence-corrected chi connectivity index (χ1v) is 7.32. The summed E-state index contributed by atoms with van der Waals surface area (Å²) >= 11 is 5.72. The van der Waals surface area contributed by atoms with Gasteiger partial charge in [0.15, 0.2) is 5.78 Å². The maximum atomic E-state index is 14.2. The number of rotatable bonds is 5. The molecule has 0 aliphatic heterocycles. The van der Waals surface area contributed by atoms with Crippen molar-refractivity contribution in [3.8, 4) is 5.75 Å². The quantitative estimate of drug-likeness (QED) is 0.561. The van der Waals surface area contributed by atoms with Gasteiger partial charge in [-0.25, -0.2) is 4.39 Å². The van der Waals surface area contributed by atoms with Gasteiger partial charge in [-0.2, -0.15) is 0 Å². The molecule has 0 atom stereocenters. The predicted molar refractivity (Wildman–Crippen MR) is 82.4 cm³/mol. The van der Waals surface area contributed by atoms with Crippen LogP contribution in [0.25, 0.3) is 0 Å². The van der Waals surface area contributed by atoms with E-state index in [4.69, 9.17) is 11.6 Å². The number of ketones is 2. The molecular formula is C17H11ClF4O3. The highest BCUT2D eigenvalue weighted by Crippen LogP contribution is 2.29. The Bertz CT molecular complexity index is 814. The van der Waals surface area contributed by atoms with Crippen LogP contribution in [0.3, 0.4) is 0 Å². The molecule has 0 aromatic heterocycles. The van der Waals surface area contributed by atoms with Crippen molar-refractivity contribution in [1.29, 1.82) is 0 Å². The maximum Gasteiger partial charge on any atom is 0.573 e. The Morgan fingerprint density at radius 2 is 1.72 bits per heavy atom. The van der Waals surface area contributed by atoms with Crippen LogP contribution in [0.1, 0.15) is 28.4 Å². The first-order valence-electron chi connectivity index (χ1n) is 6.94. The highest BCUT2D eigenvalue weighted by atomic mass is 35.5. The van der Waals surface area contributed by atoms with Crippen molar-refractivity contribution in [3.63, 3.8) is 0 Å². The van der Waals surface area contributed by atoms with E-state index < -0.39 is 35.9 Å². The summed E-state index contributed by atoms with van der Waals surface area (Å²) < 4.78 is 55.1. The summed E-state index contributed by atoms with van der Waals surface area (Å²) in [5.41, 5.74) is -0.587. The zero-order valence-electron chi connectivity index (χ0n) is 12.8. The zero-order valence-corrected chi connectivity index (χ0v) is 13.5. The number of halogens is 5. The van der Waals surface area contributed by atoms with E-state index in [2.05, 4.69) is 4.74 Å². The molecule has 0 saturated carbocycles. The summed E-state index contributed by atoms with van der Waals surface area (Å²) in [5, 5.41) is 0.348. The lowest BCUT2D eigenvalue weighted by molar-refractivity contribution is -0.274. The maximum absolute atomic E-state index is 14.2. The van der Waals surface area contributed by atoms with Gasteiger partial charge in [-0.1, -0.05) is 11.6 Å². The molecule has 2 aromatic rings. The van der Waals surface area contributed by atoms with E-state index in [1.54, 1.807) is 0 Å². The van der Waals surface area contributed by atoms with Gasteiger partial charge in [0, 0.05) is 34.2 Å². The second-order valence-corrected chi connectivity index (χ2v) is 5.63. The summed E-state index contributed by atoms with van der Waals surface area (Å²) in [6, 6.07) is 6.77. The van der Waals surface area contributed by atoms with Gasteiger partial charge in [0.1, 0.15) is 17.3 Å². The van der Waals surface area contributed by atoms with Gasteiger partial charge in [0.05, 0.1) is 0 Å². The molecule has 2 aromatic carbocycles. The molecule has 0 radical (unpaired) electrons. The Balaban J connectivity index is 2.56. The van der Waals surface area contributed by atoms with Gasteiger partial charge >= 0.3 is 6.36 Å². The fourth-order valence-electron chi connectivity index (χ4n) is 2.19. The highest BCUT2D eigenvalue weighted by Gasteiger charge is 2.32. The van der Waals surface area contributed by atoms with Crippen LogP contribution in [-0.4, -0.2) is 17.9 Å². The Morgan fingerprint density at radius 3 is 2.24 bits per heavy atom. The monoisotopic (exact) mass is 374 g/mol. The summed E-state index contributed by atoms with van der Waals surface area (Å²) in [4.78, 5) is 23.9. The van der Waals surface area contributed by atoms with Gasteiger partial charge in [0.25, 0.3) is 0 Å². The largest absolute Gasteiger partial charge is 0.573 e. The number of benzene rings is 2. The van der Waals surface area contributed by atoms with Gasteiger partial charge in [-0.05, 0) is 37.3 Å². The third kappa shape index (κ3) is 5.03. The van der Waals surface area contributed by atoms with Crippen LogP contribution in [0.15, 0.2) is 36.4 Å². The lowest BCUT2D eigenvalue weighted by Crippen LogP contribution is -2.18. The van der Waals surface area contributed by atoms with E-state index in [1.807, 2.05) is 0 Å². The molecule has 0 aliphatic carbocycles. The van der Waals surface area contributed by atoms with Crippen molar-refractivity contribution >= 4 is 23.2 Å². The third-order valence-electron chi connectivity index (χ3n) is 3.18. The van der Waals surface area contributed by atoms with Crippen molar-refractivity contribution in [3.05, 3.63) is 63.9 Å². The van der Waals surface area contributed by atoms with Gasteiger partial charge in [-0.15, -0.1) is 13.2 Å². The smallest absolute Gasteiger partial charge is 0.406 e. The summed E-state index contributed by atoms with van der Waals surface area (Å²) in [5.74, 6) is -3.21. The molecule has 0 fully saturated rings. The molecule has 0 spiro atoms. The molecule has 0 bridgehead atoms. The lowest BCUT2D eigenvalue weighted by Gasteiger charge is -2.14. The van der Waals surface area contributed by atoms with Crippen molar-refractivity contribution < 1.29 is 31.9 Å². The molecule has 3 nitrogen and oxygen atoms in total. The zero-order chi connectivity index (χ0) is 18.8. The number of hydrogen-bond acceptors (Lipinski definition) is 3. The average molecular weight is 375 g/mol. The molecule has 8 heteroatoms. The predicted octanol–water partition coefficient (Wildman–Crippen LogP) is 4.74. The Kier molecular flexibility index (Phi) is 5.47. The SMILES string of the molecule is CC(=O)Cc1c(F)cc(OC(F)(F)F)cc1C(=O)c1ccc(Cl)cc1.